The standard InChI is InChI=1S/C11H9NO3/c1-6-3-2-4-7-5-8(11(14)15)10(13)12-9(6)7/h2-5,8H,1H3,(H,14,15). The quantitative estimate of drug-likeness (QED) is 0.633. The number of carboxylic acid groups (broad SMARTS) is 1. The lowest BCUT2D eigenvalue weighted by Crippen LogP contribution is -2.37. The van der Waals surface area contributed by atoms with Crippen LogP contribution in [-0.4, -0.2) is 17.0 Å². The highest BCUT2D eigenvalue weighted by Crippen LogP contribution is 2.04. The van der Waals surface area contributed by atoms with Crippen molar-refractivity contribution in [3.63, 3.8) is 0 Å². The van der Waals surface area contributed by atoms with Gasteiger partial charge in [0.25, 0.3) is 5.91 Å². The van der Waals surface area contributed by atoms with Crippen LogP contribution in [0.15, 0.2) is 23.2 Å². The minimum atomic E-state index is -1.16. The zero-order valence-electron chi connectivity index (χ0n) is 8.10. The lowest BCUT2D eigenvalue weighted by Gasteiger charge is -2.07. The number of carboxylic acids is 1. The number of carbonyl (C=O) groups excluding carboxylic acids is 1. The van der Waals surface area contributed by atoms with E-state index in [4.69, 9.17) is 5.11 Å². The third kappa shape index (κ3) is 1.54. The van der Waals surface area contributed by atoms with Crippen LogP contribution in [-0.2, 0) is 9.59 Å². The van der Waals surface area contributed by atoms with Gasteiger partial charge in [0.2, 0.25) is 0 Å². The number of benzene rings is 1. The third-order valence-corrected chi connectivity index (χ3v) is 2.37. The summed E-state index contributed by atoms with van der Waals surface area (Å²) in [6.45, 7) is 1.84. The first-order valence-electron chi connectivity index (χ1n) is 4.52. The summed E-state index contributed by atoms with van der Waals surface area (Å²) in [5, 5.41) is 10.1. The molecule has 1 heterocycles. The van der Waals surface area contributed by atoms with Crippen molar-refractivity contribution in [3.05, 3.63) is 34.3 Å². The molecule has 1 aliphatic rings. The van der Waals surface area contributed by atoms with Gasteiger partial charge in [-0.3, -0.25) is 9.59 Å². The van der Waals surface area contributed by atoms with Gasteiger partial charge in [0, 0.05) is 0 Å². The molecule has 0 bridgehead atoms. The number of nitrogens with zero attached hydrogens (tertiary/aromatic N) is 1. The second-order valence-corrected chi connectivity index (χ2v) is 3.45. The number of rotatable bonds is 1. The van der Waals surface area contributed by atoms with Crippen LogP contribution in [0.25, 0.3) is 6.08 Å². The predicted octanol–water partition coefficient (Wildman–Crippen LogP) is -0.364. The molecule has 4 heteroatoms. The molecule has 1 atom stereocenters. The van der Waals surface area contributed by atoms with Gasteiger partial charge < -0.3 is 5.11 Å². The normalized spacial score (nSPS) is 18.7. The molecule has 1 aromatic rings. The number of amides is 1. The van der Waals surface area contributed by atoms with Gasteiger partial charge in [-0.1, -0.05) is 24.3 Å². The molecule has 0 saturated heterocycles. The molecule has 76 valence electrons. The van der Waals surface area contributed by atoms with Gasteiger partial charge in [0.1, 0.15) is 0 Å². The lowest BCUT2D eigenvalue weighted by molar-refractivity contribution is -0.143. The van der Waals surface area contributed by atoms with Crippen molar-refractivity contribution in [1.29, 1.82) is 0 Å². The molecule has 4 nitrogen and oxygen atoms in total. The molecule has 0 aliphatic carbocycles. The second-order valence-electron chi connectivity index (χ2n) is 3.45. The maximum atomic E-state index is 11.4. The average Bonchev–Trinajstić information content (AvgIpc) is 2.18. The molecule has 2 rings (SSSR count). The summed E-state index contributed by atoms with van der Waals surface area (Å²) in [4.78, 5) is 25.9. The molecule has 0 spiro atoms. The summed E-state index contributed by atoms with van der Waals surface area (Å²) in [6.07, 6.45) is 1.44. The van der Waals surface area contributed by atoms with Gasteiger partial charge in [-0.15, -0.1) is 0 Å². The molecule has 0 aromatic heterocycles. The van der Waals surface area contributed by atoms with Crippen molar-refractivity contribution < 1.29 is 14.7 Å². The summed E-state index contributed by atoms with van der Waals surface area (Å²) in [6, 6.07) is 5.41. The van der Waals surface area contributed by atoms with E-state index in [9.17, 15) is 9.59 Å². The van der Waals surface area contributed by atoms with Crippen LogP contribution in [0.1, 0.15) is 5.56 Å². The van der Waals surface area contributed by atoms with Gasteiger partial charge in [-0.2, -0.15) is 0 Å². The fourth-order valence-electron chi connectivity index (χ4n) is 1.58. The first-order chi connectivity index (χ1) is 7.09. The monoisotopic (exact) mass is 203 g/mol. The van der Waals surface area contributed by atoms with Crippen LogP contribution >= 0.6 is 0 Å². The molecule has 1 N–H and O–H groups in total. The highest BCUT2D eigenvalue weighted by Gasteiger charge is 2.25. The average molecular weight is 203 g/mol. The Morgan fingerprint density at radius 1 is 1.47 bits per heavy atom. The van der Waals surface area contributed by atoms with Gasteiger partial charge in [-0.05, 0) is 17.7 Å². The first kappa shape index (κ1) is 9.58. The Bertz CT molecular complexity index is 560. The maximum Gasteiger partial charge on any atom is 0.320 e. The Hall–Kier alpha value is -1.97. The number of aryl methyl sites for hydroxylation is 1. The molecule has 0 fully saturated rings. The first-order valence-corrected chi connectivity index (χ1v) is 4.52. The Morgan fingerprint density at radius 2 is 2.20 bits per heavy atom. The van der Waals surface area contributed by atoms with E-state index in [1.807, 2.05) is 19.1 Å². The van der Waals surface area contributed by atoms with E-state index in [2.05, 4.69) is 4.99 Å². The fraction of sp³-hybridized carbons (Fsp3) is 0.182. The van der Waals surface area contributed by atoms with Gasteiger partial charge in [0.05, 0.1) is 5.36 Å². The van der Waals surface area contributed by atoms with E-state index in [-0.39, 0.29) is 0 Å². The minimum absolute atomic E-state index is 0.583. The van der Waals surface area contributed by atoms with Crippen molar-refractivity contribution in [3.8, 4) is 0 Å². The Kier molecular flexibility index (Phi) is 2.11. The number of fused-ring (bicyclic) bond motifs is 1. The van der Waals surface area contributed by atoms with Crippen molar-refractivity contribution in [2.75, 3.05) is 0 Å². The molecule has 0 radical (unpaired) electrons. The van der Waals surface area contributed by atoms with Gasteiger partial charge >= 0.3 is 5.97 Å². The Morgan fingerprint density at radius 3 is 2.87 bits per heavy atom. The fourth-order valence-corrected chi connectivity index (χ4v) is 1.58. The number of para-hydroxylation sites is 1. The second kappa shape index (κ2) is 3.31. The van der Waals surface area contributed by atoms with Crippen LogP contribution in [0.3, 0.4) is 0 Å². The number of aliphatic carboxylic acids is 1. The Labute approximate surface area is 85.6 Å². The molecule has 1 unspecified atom stereocenters. The number of hydrogen-bond acceptors (Lipinski definition) is 2. The molecule has 0 saturated carbocycles. The molecular weight excluding hydrogens is 194 g/mol. The van der Waals surface area contributed by atoms with Crippen molar-refractivity contribution in [2.24, 2.45) is 10.9 Å². The van der Waals surface area contributed by atoms with E-state index in [0.29, 0.717) is 10.6 Å². The molecule has 15 heavy (non-hydrogen) atoms. The third-order valence-electron chi connectivity index (χ3n) is 2.37. The maximum absolute atomic E-state index is 11.4. The van der Waals surface area contributed by atoms with E-state index in [1.165, 1.54) is 6.08 Å². The van der Waals surface area contributed by atoms with E-state index in [1.54, 1.807) is 6.07 Å². The number of carbonyl (C=O) groups is 2. The topological polar surface area (TPSA) is 66.7 Å². The van der Waals surface area contributed by atoms with Crippen molar-refractivity contribution in [1.82, 2.24) is 0 Å². The molecular formula is C11H9NO3. The zero-order chi connectivity index (χ0) is 11.0. The van der Waals surface area contributed by atoms with E-state index < -0.39 is 17.8 Å². The van der Waals surface area contributed by atoms with Crippen LogP contribution in [0.2, 0.25) is 0 Å². The highest BCUT2D eigenvalue weighted by atomic mass is 16.4. The smallest absolute Gasteiger partial charge is 0.320 e. The summed E-state index contributed by atoms with van der Waals surface area (Å²) >= 11 is 0. The summed E-state index contributed by atoms with van der Waals surface area (Å²) in [5.74, 6) is -2.90. The predicted molar refractivity (Wildman–Crippen MR) is 52.6 cm³/mol. The minimum Gasteiger partial charge on any atom is -0.480 e. The SMILES string of the molecule is Cc1cccc2c1=NC(=O)C(C(=O)O)C=2. The van der Waals surface area contributed by atoms with Crippen molar-refractivity contribution >= 4 is 18.0 Å². The zero-order valence-corrected chi connectivity index (χ0v) is 8.10. The van der Waals surface area contributed by atoms with E-state index in [0.717, 1.165) is 5.56 Å². The summed E-state index contributed by atoms with van der Waals surface area (Å²) in [5.41, 5.74) is 0.876. The summed E-state index contributed by atoms with van der Waals surface area (Å²) in [7, 11) is 0. The molecule has 1 aliphatic heterocycles. The van der Waals surface area contributed by atoms with Crippen LogP contribution in [0, 0.1) is 12.8 Å². The molecule has 1 aromatic carbocycles. The van der Waals surface area contributed by atoms with Crippen LogP contribution < -0.4 is 10.6 Å². The van der Waals surface area contributed by atoms with Gasteiger partial charge in [0.15, 0.2) is 5.92 Å². The van der Waals surface area contributed by atoms with Crippen LogP contribution in [0.5, 0.6) is 0 Å². The van der Waals surface area contributed by atoms with Crippen LogP contribution in [0.4, 0.5) is 0 Å². The summed E-state index contributed by atoms with van der Waals surface area (Å²) < 4.78 is 0. The van der Waals surface area contributed by atoms with E-state index >= 15 is 0 Å². The lowest BCUT2D eigenvalue weighted by atomic mass is 10.0. The largest absolute Gasteiger partial charge is 0.480 e. The van der Waals surface area contributed by atoms with Crippen molar-refractivity contribution in [2.45, 2.75) is 6.92 Å². The van der Waals surface area contributed by atoms with Gasteiger partial charge in [-0.25, -0.2) is 4.99 Å². The molecule has 1 amide bonds. The number of hydrogen-bond donors (Lipinski definition) is 1. The highest BCUT2D eigenvalue weighted by molar-refractivity contribution is 6.03. The Balaban J connectivity index is 2.73.